The average Bonchev–Trinajstić information content (AvgIpc) is 3.30. The standard InChI is InChI=1S/C23H19N3S/c1-15-6-11-22-21(12-15)26-23(27-22)16-7-9-18(10-8-16)24-13-17-14-25-20-5-3-2-4-19(17)20/h2-12,14,24-25H,13H2,1H3. The molecule has 0 fully saturated rings. The van der Waals surface area contributed by atoms with Gasteiger partial charge in [-0.3, -0.25) is 0 Å². The Morgan fingerprint density at radius 1 is 1.00 bits per heavy atom. The van der Waals surface area contributed by atoms with Gasteiger partial charge in [0, 0.05) is 34.9 Å². The van der Waals surface area contributed by atoms with Gasteiger partial charge in [0.15, 0.2) is 0 Å². The third kappa shape index (κ3) is 3.09. The fourth-order valence-electron chi connectivity index (χ4n) is 3.37. The molecule has 0 aliphatic carbocycles. The van der Waals surface area contributed by atoms with Crippen LogP contribution in [0.25, 0.3) is 31.7 Å². The summed E-state index contributed by atoms with van der Waals surface area (Å²) in [5.41, 5.74) is 7.05. The number of anilines is 1. The maximum absolute atomic E-state index is 4.79. The summed E-state index contributed by atoms with van der Waals surface area (Å²) < 4.78 is 1.23. The van der Waals surface area contributed by atoms with E-state index in [9.17, 15) is 0 Å². The van der Waals surface area contributed by atoms with Crippen molar-refractivity contribution < 1.29 is 0 Å². The number of hydrogen-bond acceptors (Lipinski definition) is 3. The van der Waals surface area contributed by atoms with Crippen LogP contribution in [0.5, 0.6) is 0 Å². The van der Waals surface area contributed by atoms with E-state index < -0.39 is 0 Å². The minimum atomic E-state index is 0.795. The van der Waals surface area contributed by atoms with Crippen molar-refractivity contribution in [3.63, 3.8) is 0 Å². The Hall–Kier alpha value is -3.11. The molecule has 0 amide bonds. The molecular weight excluding hydrogens is 350 g/mol. The summed E-state index contributed by atoms with van der Waals surface area (Å²) in [4.78, 5) is 8.11. The summed E-state index contributed by atoms with van der Waals surface area (Å²) in [6.45, 7) is 2.90. The van der Waals surface area contributed by atoms with Crippen LogP contribution in [0.15, 0.2) is 72.9 Å². The fraction of sp³-hybridized carbons (Fsp3) is 0.0870. The lowest BCUT2D eigenvalue weighted by Gasteiger charge is -2.06. The molecular formula is C23H19N3S. The van der Waals surface area contributed by atoms with Gasteiger partial charge in [-0.05, 0) is 60.5 Å². The summed E-state index contributed by atoms with van der Waals surface area (Å²) in [6, 6.07) is 23.4. The van der Waals surface area contributed by atoms with Gasteiger partial charge in [0.2, 0.25) is 0 Å². The van der Waals surface area contributed by atoms with Crippen molar-refractivity contribution in [3.05, 3.63) is 84.1 Å². The predicted molar refractivity (Wildman–Crippen MR) is 115 cm³/mol. The molecule has 0 aliphatic heterocycles. The molecule has 0 unspecified atom stereocenters. The minimum Gasteiger partial charge on any atom is -0.381 e. The Morgan fingerprint density at radius 3 is 2.74 bits per heavy atom. The molecule has 5 rings (SSSR count). The molecule has 0 atom stereocenters. The Balaban J connectivity index is 1.35. The molecule has 0 aliphatic rings. The molecule has 0 saturated heterocycles. The summed E-state index contributed by atoms with van der Waals surface area (Å²) in [5.74, 6) is 0. The minimum absolute atomic E-state index is 0.795. The van der Waals surface area contributed by atoms with Crippen LogP contribution in [0, 0.1) is 6.92 Å². The summed E-state index contributed by atoms with van der Waals surface area (Å²) in [6.07, 6.45) is 2.08. The normalized spacial score (nSPS) is 11.3. The number of benzene rings is 3. The first-order chi connectivity index (χ1) is 13.3. The van der Waals surface area contributed by atoms with Crippen molar-refractivity contribution in [1.29, 1.82) is 0 Å². The quantitative estimate of drug-likeness (QED) is 0.387. The highest BCUT2D eigenvalue weighted by atomic mass is 32.1. The molecule has 2 aromatic heterocycles. The van der Waals surface area contributed by atoms with Crippen molar-refractivity contribution >= 4 is 38.1 Å². The van der Waals surface area contributed by atoms with Crippen LogP contribution >= 0.6 is 11.3 Å². The highest BCUT2D eigenvalue weighted by Gasteiger charge is 2.07. The zero-order chi connectivity index (χ0) is 18.2. The van der Waals surface area contributed by atoms with Crippen LogP contribution in [0.1, 0.15) is 11.1 Å². The van der Waals surface area contributed by atoms with Gasteiger partial charge < -0.3 is 10.3 Å². The van der Waals surface area contributed by atoms with Gasteiger partial charge in [-0.25, -0.2) is 4.98 Å². The third-order valence-electron chi connectivity index (χ3n) is 4.83. The number of aromatic nitrogens is 2. The molecule has 2 heterocycles. The molecule has 27 heavy (non-hydrogen) atoms. The second-order valence-corrected chi connectivity index (χ2v) is 7.81. The highest BCUT2D eigenvalue weighted by molar-refractivity contribution is 7.21. The number of H-pyrrole nitrogens is 1. The largest absolute Gasteiger partial charge is 0.381 e. The van der Waals surface area contributed by atoms with Crippen molar-refractivity contribution in [2.24, 2.45) is 0 Å². The number of thiazole rings is 1. The summed E-state index contributed by atoms with van der Waals surface area (Å²) in [5, 5.41) is 5.85. The van der Waals surface area contributed by atoms with Crippen molar-refractivity contribution in [1.82, 2.24) is 9.97 Å². The second-order valence-electron chi connectivity index (χ2n) is 6.78. The molecule has 0 radical (unpaired) electrons. The smallest absolute Gasteiger partial charge is 0.124 e. The molecule has 3 aromatic carbocycles. The van der Waals surface area contributed by atoms with Gasteiger partial charge in [-0.2, -0.15) is 0 Å². The van der Waals surface area contributed by atoms with E-state index in [4.69, 9.17) is 4.98 Å². The van der Waals surface area contributed by atoms with Crippen molar-refractivity contribution in [3.8, 4) is 10.6 Å². The van der Waals surface area contributed by atoms with E-state index in [2.05, 4.69) is 90.2 Å². The topological polar surface area (TPSA) is 40.7 Å². The number of aromatic amines is 1. The second kappa shape index (κ2) is 6.56. The van der Waals surface area contributed by atoms with E-state index >= 15 is 0 Å². The molecule has 132 valence electrons. The lowest BCUT2D eigenvalue weighted by atomic mass is 10.1. The van der Waals surface area contributed by atoms with Crippen LogP contribution in [0.3, 0.4) is 0 Å². The zero-order valence-corrected chi connectivity index (χ0v) is 15.8. The first kappa shape index (κ1) is 16.1. The molecule has 4 heteroatoms. The first-order valence-electron chi connectivity index (χ1n) is 9.03. The van der Waals surface area contributed by atoms with E-state index in [0.717, 1.165) is 28.3 Å². The SMILES string of the molecule is Cc1ccc2sc(-c3ccc(NCc4c[nH]c5ccccc45)cc3)nc2c1. The lowest BCUT2D eigenvalue weighted by molar-refractivity contribution is 1.16. The molecule has 0 spiro atoms. The third-order valence-corrected chi connectivity index (χ3v) is 5.92. The Bertz CT molecular complexity index is 1230. The van der Waals surface area contributed by atoms with E-state index in [1.54, 1.807) is 11.3 Å². The van der Waals surface area contributed by atoms with Crippen LogP contribution < -0.4 is 5.32 Å². The number of nitrogens with one attached hydrogen (secondary N) is 2. The van der Waals surface area contributed by atoms with Gasteiger partial charge in [0.1, 0.15) is 5.01 Å². The van der Waals surface area contributed by atoms with Crippen molar-refractivity contribution in [2.45, 2.75) is 13.5 Å². The predicted octanol–water partition coefficient (Wildman–Crippen LogP) is 6.37. The van der Waals surface area contributed by atoms with E-state index in [1.807, 2.05) is 0 Å². The Labute approximate surface area is 161 Å². The number of nitrogens with zero attached hydrogens (tertiary/aromatic N) is 1. The van der Waals surface area contributed by atoms with Gasteiger partial charge >= 0.3 is 0 Å². The molecule has 0 bridgehead atoms. The first-order valence-corrected chi connectivity index (χ1v) is 9.84. The number of para-hydroxylation sites is 1. The van der Waals surface area contributed by atoms with Gasteiger partial charge in [0.05, 0.1) is 10.2 Å². The molecule has 3 nitrogen and oxygen atoms in total. The average molecular weight is 369 g/mol. The lowest BCUT2D eigenvalue weighted by Crippen LogP contribution is -1.98. The monoisotopic (exact) mass is 369 g/mol. The molecule has 5 aromatic rings. The van der Waals surface area contributed by atoms with Crippen LogP contribution in [-0.2, 0) is 6.54 Å². The van der Waals surface area contributed by atoms with Crippen molar-refractivity contribution in [2.75, 3.05) is 5.32 Å². The summed E-state index contributed by atoms with van der Waals surface area (Å²) in [7, 11) is 0. The van der Waals surface area contributed by atoms with Crippen LogP contribution in [0.4, 0.5) is 5.69 Å². The van der Waals surface area contributed by atoms with E-state index in [1.165, 1.54) is 26.7 Å². The number of aryl methyl sites for hydroxylation is 1. The highest BCUT2D eigenvalue weighted by Crippen LogP contribution is 2.31. The van der Waals surface area contributed by atoms with Crippen LogP contribution in [0.2, 0.25) is 0 Å². The maximum Gasteiger partial charge on any atom is 0.124 e. The number of hydrogen-bond donors (Lipinski definition) is 2. The van der Waals surface area contributed by atoms with Gasteiger partial charge in [-0.15, -0.1) is 11.3 Å². The number of rotatable bonds is 4. The molecule has 2 N–H and O–H groups in total. The zero-order valence-electron chi connectivity index (χ0n) is 15.0. The van der Waals surface area contributed by atoms with Gasteiger partial charge in [0.25, 0.3) is 0 Å². The maximum atomic E-state index is 4.79. The Morgan fingerprint density at radius 2 is 1.85 bits per heavy atom. The Kier molecular flexibility index (Phi) is 3.91. The van der Waals surface area contributed by atoms with E-state index in [-0.39, 0.29) is 0 Å². The molecule has 0 saturated carbocycles. The summed E-state index contributed by atoms with van der Waals surface area (Å²) >= 11 is 1.74. The van der Waals surface area contributed by atoms with Crippen LogP contribution in [-0.4, -0.2) is 9.97 Å². The fourth-order valence-corrected chi connectivity index (χ4v) is 4.32. The number of fused-ring (bicyclic) bond motifs is 2. The van der Waals surface area contributed by atoms with E-state index in [0.29, 0.717) is 0 Å². The van der Waals surface area contributed by atoms with Gasteiger partial charge in [-0.1, -0.05) is 24.3 Å².